The van der Waals surface area contributed by atoms with Gasteiger partial charge in [0.05, 0.1) is 12.3 Å². The highest BCUT2D eigenvalue weighted by Crippen LogP contribution is 2.34. The van der Waals surface area contributed by atoms with E-state index in [1.807, 2.05) is 0 Å². The third-order valence-electron chi connectivity index (χ3n) is 4.51. The first-order valence-corrected chi connectivity index (χ1v) is 7.39. The maximum atomic E-state index is 12.4. The molecule has 1 amide bonds. The Morgan fingerprint density at radius 1 is 1.38 bits per heavy atom. The Balaban J connectivity index is 1.51. The van der Waals surface area contributed by atoms with Gasteiger partial charge in [-0.25, -0.2) is 4.98 Å². The summed E-state index contributed by atoms with van der Waals surface area (Å²) in [5.74, 6) is 0.310. The van der Waals surface area contributed by atoms with Crippen LogP contribution in [0.5, 0.6) is 0 Å². The number of rotatable bonds is 2. The maximum absolute atomic E-state index is 12.4. The van der Waals surface area contributed by atoms with E-state index in [0.717, 1.165) is 32.3 Å². The molecule has 1 N–H and O–H groups in total. The van der Waals surface area contributed by atoms with Crippen molar-refractivity contribution in [3.05, 3.63) is 24.4 Å². The summed E-state index contributed by atoms with van der Waals surface area (Å²) >= 11 is 0. The van der Waals surface area contributed by atoms with E-state index < -0.39 is 0 Å². The molecule has 0 radical (unpaired) electrons. The van der Waals surface area contributed by atoms with Gasteiger partial charge in [-0.2, -0.15) is 0 Å². The summed E-state index contributed by atoms with van der Waals surface area (Å²) in [6, 6.07) is 0.192. The zero-order chi connectivity index (χ0) is 14.2. The Labute approximate surface area is 121 Å². The zero-order valence-electron chi connectivity index (χ0n) is 11.6. The number of ether oxygens (including phenoxy) is 1. The van der Waals surface area contributed by atoms with Crippen molar-refractivity contribution in [1.82, 2.24) is 24.9 Å². The summed E-state index contributed by atoms with van der Waals surface area (Å²) < 4.78 is 7.43. The number of carbonyl (C=O) groups is 1. The monoisotopic (exact) mass is 287 g/mol. The molecule has 7 heteroatoms. The van der Waals surface area contributed by atoms with Crippen molar-refractivity contribution in [3.63, 3.8) is 0 Å². The third kappa shape index (κ3) is 2.27. The van der Waals surface area contributed by atoms with E-state index in [1.54, 1.807) is 23.1 Å². The van der Waals surface area contributed by atoms with E-state index in [9.17, 15) is 4.79 Å². The molecule has 3 heterocycles. The van der Waals surface area contributed by atoms with Gasteiger partial charge >= 0.3 is 0 Å². The molecule has 110 valence electrons. The fraction of sp³-hybridized carbons (Fsp3) is 0.571. The lowest BCUT2D eigenvalue weighted by Gasteiger charge is -2.33. The Bertz CT molecular complexity index is 670. The predicted octanol–water partition coefficient (Wildman–Crippen LogP) is 0.812. The number of carbonyl (C=O) groups excluding carboxylic acids is 1. The van der Waals surface area contributed by atoms with Gasteiger partial charge in [-0.3, -0.25) is 9.20 Å². The molecule has 3 atom stereocenters. The van der Waals surface area contributed by atoms with Crippen LogP contribution in [0.15, 0.2) is 18.7 Å². The molecule has 7 nitrogen and oxygen atoms in total. The zero-order valence-corrected chi connectivity index (χ0v) is 11.6. The summed E-state index contributed by atoms with van der Waals surface area (Å²) in [5.41, 5.74) is 1.02. The van der Waals surface area contributed by atoms with Crippen LogP contribution in [0.2, 0.25) is 0 Å². The first-order valence-electron chi connectivity index (χ1n) is 7.39. The van der Waals surface area contributed by atoms with Crippen molar-refractivity contribution in [2.24, 2.45) is 5.92 Å². The van der Waals surface area contributed by atoms with Gasteiger partial charge in [-0.15, -0.1) is 10.2 Å². The Morgan fingerprint density at radius 3 is 3.29 bits per heavy atom. The summed E-state index contributed by atoms with van der Waals surface area (Å²) in [7, 11) is 0. The van der Waals surface area contributed by atoms with Crippen molar-refractivity contribution in [2.75, 3.05) is 6.61 Å². The SMILES string of the molecule is O=C(NC1CCCC2OCCC12)c1cn2cnnc2cn1. The van der Waals surface area contributed by atoms with Gasteiger partial charge in [0.2, 0.25) is 0 Å². The van der Waals surface area contributed by atoms with Crippen LogP contribution in [0.3, 0.4) is 0 Å². The fourth-order valence-corrected chi connectivity index (χ4v) is 3.45. The van der Waals surface area contributed by atoms with Crippen LogP contribution in [0, 0.1) is 5.92 Å². The van der Waals surface area contributed by atoms with E-state index in [1.165, 1.54) is 0 Å². The molecule has 0 bridgehead atoms. The van der Waals surface area contributed by atoms with E-state index in [2.05, 4.69) is 20.5 Å². The first kappa shape index (κ1) is 12.7. The Hall–Kier alpha value is -2.02. The number of nitrogens with one attached hydrogen (secondary N) is 1. The van der Waals surface area contributed by atoms with Crippen molar-refractivity contribution < 1.29 is 9.53 Å². The minimum absolute atomic E-state index is 0.136. The minimum atomic E-state index is -0.136. The third-order valence-corrected chi connectivity index (χ3v) is 4.51. The van der Waals surface area contributed by atoms with Gasteiger partial charge in [-0.05, 0) is 25.7 Å². The highest BCUT2D eigenvalue weighted by atomic mass is 16.5. The van der Waals surface area contributed by atoms with Gasteiger partial charge in [0.1, 0.15) is 12.0 Å². The molecule has 2 aromatic heterocycles. The molecular formula is C14H17N5O2. The van der Waals surface area contributed by atoms with Crippen LogP contribution >= 0.6 is 0 Å². The maximum Gasteiger partial charge on any atom is 0.271 e. The molecular weight excluding hydrogens is 270 g/mol. The Morgan fingerprint density at radius 2 is 2.33 bits per heavy atom. The summed E-state index contributed by atoms with van der Waals surface area (Å²) in [6.07, 6.45) is 9.37. The summed E-state index contributed by atoms with van der Waals surface area (Å²) in [5, 5.41) is 10.8. The summed E-state index contributed by atoms with van der Waals surface area (Å²) in [4.78, 5) is 16.6. The van der Waals surface area contributed by atoms with Crippen molar-refractivity contribution in [3.8, 4) is 0 Å². The van der Waals surface area contributed by atoms with Crippen LogP contribution in [0.4, 0.5) is 0 Å². The minimum Gasteiger partial charge on any atom is -0.378 e. The van der Waals surface area contributed by atoms with Gasteiger partial charge in [-0.1, -0.05) is 0 Å². The number of nitrogens with zero attached hydrogens (tertiary/aromatic N) is 4. The molecule has 4 rings (SSSR count). The van der Waals surface area contributed by atoms with E-state index in [4.69, 9.17) is 4.74 Å². The second-order valence-electron chi connectivity index (χ2n) is 5.74. The van der Waals surface area contributed by atoms with Gasteiger partial charge < -0.3 is 10.1 Å². The second-order valence-corrected chi connectivity index (χ2v) is 5.74. The second kappa shape index (κ2) is 5.07. The van der Waals surface area contributed by atoms with Crippen LogP contribution in [-0.2, 0) is 4.74 Å². The van der Waals surface area contributed by atoms with Crippen LogP contribution in [0.25, 0.3) is 5.65 Å². The lowest BCUT2D eigenvalue weighted by atomic mass is 9.82. The fourth-order valence-electron chi connectivity index (χ4n) is 3.45. The molecule has 1 saturated carbocycles. The van der Waals surface area contributed by atoms with E-state index in [0.29, 0.717) is 23.4 Å². The van der Waals surface area contributed by atoms with Crippen molar-refractivity contribution >= 4 is 11.6 Å². The smallest absolute Gasteiger partial charge is 0.271 e. The van der Waals surface area contributed by atoms with Gasteiger partial charge in [0, 0.05) is 24.8 Å². The predicted molar refractivity (Wildman–Crippen MR) is 73.7 cm³/mol. The summed E-state index contributed by atoms with van der Waals surface area (Å²) in [6.45, 7) is 0.812. The topological polar surface area (TPSA) is 81.4 Å². The standard InChI is InChI=1S/C14H17N5O2/c20-14(11-7-19-8-16-18-13(19)6-15-11)17-10-2-1-3-12-9(10)4-5-21-12/h6-10,12H,1-5H2,(H,17,20). The van der Waals surface area contributed by atoms with Crippen LogP contribution in [0.1, 0.15) is 36.2 Å². The number of fused-ring (bicyclic) bond motifs is 2. The molecule has 1 aliphatic carbocycles. The van der Waals surface area contributed by atoms with Gasteiger partial charge in [0.15, 0.2) is 5.65 Å². The van der Waals surface area contributed by atoms with Crippen LogP contribution < -0.4 is 5.32 Å². The highest BCUT2D eigenvalue weighted by molar-refractivity contribution is 5.92. The number of aromatic nitrogens is 4. The molecule has 3 unspecified atom stereocenters. The molecule has 21 heavy (non-hydrogen) atoms. The van der Waals surface area contributed by atoms with Crippen molar-refractivity contribution in [1.29, 1.82) is 0 Å². The van der Waals surface area contributed by atoms with Crippen LogP contribution in [-0.4, -0.2) is 44.2 Å². The largest absolute Gasteiger partial charge is 0.378 e. The van der Waals surface area contributed by atoms with Gasteiger partial charge in [0.25, 0.3) is 5.91 Å². The molecule has 2 aliphatic rings. The number of amides is 1. The average Bonchev–Trinajstić information content (AvgIpc) is 3.15. The van der Waals surface area contributed by atoms with E-state index >= 15 is 0 Å². The molecule has 1 saturated heterocycles. The van der Waals surface area contributed by atoms with E-state index in [-0.39, 0.29) is 11.9 Å². The number of hydrogen-bond donors (Lipinski definition) is 1. The molecule has 2 aromatic rings. The normalized spacial score (nSPS) is 28.5. The quantitative estimate of drug-likeness (QED) is 0.884. The average molecular weight is 287 g/mol. The Kier molecular flexibility index (Phi) is 3.07. The lowest BCUT2D eigenvalue weighted by molar-refractivity contribution is 0.0509. The lowest BCUT2D eigenvalue weighted by Crippen LogP contribution is -2.45. The molecule has 1 aliphatic heterocycles. The van der Waals surface area contributed by atoms with Crippen molar-refractivity contribution in [2.45, 2.75) is 37.8 Å². The first-order chi connectivity index (χ1) is 10.3. The number of hydrogen-bond acceptors (Lipinski definition) is 5. The highest BCUT2D eigenvalue weighted by Gasteiger charge is 2.38. The molecule has 2 fully saturated rings. The molecule has 0 aromatic carbocycles. The molecule has 0 spiro atoms.